The van der Waals surface area contributed by atoms with Crippen LogP contribution in [0.4, 0.5) is 5.69 Å². The van der Waals surface area contributed by atoms with Gasteiger partial charge < -0.3 is 10.4 Å². The zero-order chi connectivity index (χ0) is 14.8. The lowest BCUT2D eigenvalue weighted by atomic mass is 10.1. The summed E-state index contributed by atoms with van der Waals surface area (Å²) >= 11 is 0. The van der Waals surface area contributed by atoms with Crippen LogP contribution < -0.4 is 5.32 Å². The number of nitrogens with zero attached hydrogens (tertiary/aromatic N) is 1. The van der Waals surface area contributed by atoms with Gasteiger partial charge in [0, 0.05) is 11.4 Å². The zero-order valence-corrected chi connectivity index (χ0v) is 12.0. The molecule has 0 bridgehead atoms. The number of carboxylic acids is 1. The quantitative estimate of drug-likeness (QED) is 0.904. The van der Waals surface area contributed by atoms with E-state index in [4.69, 9.17) is 5.11 Å². The lowest BCUT2D eigenvalue weighted by Crippen LogP contribution is -2.05. The molecule has 21 heavy (non-hydrogen) atoms. The first-order valence-corrected chi connectivity index (χ1v) is 7.18. The first-order valence-electron chi connectivity index (χ1n) is 7.18. The fourth-order valence-corrected chi connectivity index (χ4v) is 2.77. The Morgan fingerprint density at radius 1 is 1.29 bits per heavy atom. The molecule has 0 atom stereocenters. The Morgan fingerprint density at radius 3 is 2.95 bits per heavy atom. The van der Waals surface area contributed by atoms with Crippen molar-refractivity contribution in [2.45, 2.75) is 32.7 Å². The van der Waals surface area contributed by atoms with E-state index in [1.54, 1.807) is 12.1 Å². The van der Waals surface area contributed by atoms with Crippen molar-refractivity contribution in [3.63, 3.8) is 0 Å². The van der Waals surface area contributed by atoms with Crippen LogP contribution in [0.2, 0.25) is 0 Å². The molecule has 1 aliphatic carbocycles. The van der Waals surface area contributed by atoms with E-state index in [1.807, 2.05) is 19.1 Å². The molecule has 0 radical (unpaired) electrons. The van der Waals surface area contributed by atoms with Crippen LogP contribution in [-0.4, -0.2) is 16.1 Å². The minimum atomic E-state index is -0.905. The minimum absolute atomic E-state index is 0.305. The number of carboxylic acid groups (broad SMARTS) is 1. The number of aromatic nitrogens is 1. The number of rotatable bonds is 4. The number of hydrogen-bond donors (Lipinski definition) is 2. The number of nitrogens with one attached hydrogen (secondary N) is 1. The van der Waals surface area contributed by atoms with Gasteiger partial charge in [0.25, 0.3) is 0 Å². The number of aromatic carboxylic acids is 1. The summed E-state index contributed by atoms with van der Waals surface area (Å²) in [4.78, 5) is 15.7. The highest BCUT2D eigenvalue weighted by molar-refractivity contribution is 5.89. The van der Waals surface area contributed by atoms with Gasteiger partial charge in [0.2, 0.25) is 0 Å². The van der Waals surface area contributed by atoms with Crippen LogP contribution in [0.1, 0.15) is 39.3 Å². The molecule has 1 aliphatic rings. The molecule has 0 aliphatic heterocycles. The summed E-state index contributed by atoms with van der Waals surface area (Å²) in [6, 6.07) is 9.47. The van der Waals surface area contributed by atoms with Crippen molar-refractivity contribution in [3.05, 3.63) is 58.4 Å². The van der Waals surface area contributed by atoms with Crippen molar-refractivity contribution in [3.8, 4) is 0 Å². The molecule has 2 N–H and O–H groups in total. The fourth-order valence-electron chi connectivity index (χ4n) is 2.77. The molecule has 108 valence electrons. The molecule has 3 rings (SSSR count). The highest BCUT2D eigenvalue weighted by atomic mass is 16.4. The smallest absolute Gasteiger partial charge is 0.335 e. The van der Waals surface area contributed by atoms with E-state index in [0.717, 1.165) is 29.8 Å². The number of fused-ring (bicyclic) bond motifs is 1. The third kappa shape index (κ3) is 3.05. The third-order valence-electron chi connectivity index (χ3n) is 3.78. The lowest BCUT2D eigenvalue weighted by Gasteiger charge is -2.09. The highest BCUT2D eigenvalue weighted by Gasteiger charge is 2.12. The van der Waals surface area contributed by atoms with E-state index in [1.165, 1.54) is 17.7 Å². The molecular formula is C17H18N2O2. The van der Waals surface area contributed by atoms with Gasteiger partial charge in [0.05, 0.1) is 17.8 Å². The van der Waals surface area contributed by atoms with E-state index in [-0.39, 0.29) is 0 Å². The number of anilines is 1. The van der Waals surface area contributed by atoms with Crippen molar-refractivity contribution in [1.82, 2.24) is 4.98 Å². The molecule has 0 saturated heterocycles. The molecule has 1 heterocycles. The van der Waals surface area contributed by atoms with Gasteiger partial charge in [0.1, 0.15) is 0 Å². The summed E-state index contributed by atoms with van der Waals surface area (Å²) in [7, 11) is 0. The number of pyridine rings is 1. The van der Waals surface area contributed by atoms with Crippen LogP contribution >= 0.6 is 0 Å². The Balaban J connectivity index is 1.74. The molecule has 0 saturated carbocycles. The number of hydrogen-bond acceptors (Lipinski definition) is 3. The molecule has 0 unspecified atom stereocenters. The molecule has 4 nitrogen and oxygen atoms in total. The molecule has 0 fully saturated rings. The topological polar surface area (TPSA) is 62.2 Å². The van der Waals surface area contributed by atoms with Gasteiger partial charge in [-0.2, -0.15) is 0 Å². The Kier molecular flexibility index (Phi) is 3.60. The molecule has 0 amide bonds. The molecule has 1 aromatic carbocycles. The standard InChI is InChI=1S/C17H18N2O2/c1-11-7-13(17(20)21)9-15(8-11)18-10-14-6-5-12-3-2-4-16(12)19-14/h5-9,18H,2-4,10H2,1H3,(H,20,21). The van der Waals surface area contributed by atoms with Crippen LogP contribution in [0.15, 0.2) is 30.3 Å². The van der Waals surface area contributed by atoms with Crippen molar-refractivity contribution in [2.24, 2.45) is 0 Å². The SMILES string of the molecule is Cc1cc(NCc2ccc3c(n2)CCC3)cc(C(=O)O)c1. The van der Waals surface area contributed by atoms with E-state index in [9.17, 15) is 4.79 Å². The molecule has 4 heteroatoms. The van der Waals surface area contributed by atoms with Gasteiger partial charge >= 0.3 is 5.97 Å². The molecule has 1 aromatic heterocycles. The fraction of sp³-hybridized carbons (Fsp3) is 0.294. The summed E-state index contributed by atoms with van der Waals surface area (Å²) < 4.78 is 0. The molecular weight excluding hydrogens is 264 g/mol. The normalized spacial score (nSPS) is 13.0. The number of benzene rings is 1. The van der Waals surface area contributed by atoms with Crippen LogP contribution in [0.3, 0.4) is 0 Å². The predicted molar refractivity (Wildman–Crippen MR) is 81.7 cm³/mol. The van der Waals surface area contributed by atoms with E-state index in [0.29, 0.717) is 12.1 Å². The van der Waals surface area contributed by atoms with Crippen molar-refractivity contribution in [1.29, 1.82) is 0 Å². The van der Waals surface area contributed by atoms with Gasteiger partial charge in [-0.25, -0.2) is 4.79 Å². The van der Waals surface area contributed by atoms with E-state index < -0.39 is 5.97 Å². The average molecular weight is 282 g/mol. The maximum atomic E-state index is 11.1. The van der Waals surface area contributed by atoms with E-state index in [2.05, 4.69) is 16.4 Å². The molecule has 2 aromatic rings. The Morgan fingerprint density at radius 2 is 2.14 bits per heavy atom. The third-order valence-corrected chi connectivity index (χ3v) is 3.78. The maximum absolute atomic E-state index is 11.1. The van der Waals surface area contributed by atoms with Crippen molar-refractivity contribution >= 4 is 11.7 Å². The zero-order valence-electron chi connectivity index (χ0n) is 12.0. The minimum Gasteiger partial charge on any atom is -0.478 e. The Labute approximate surface area is 123 Å². The van der Waals surface area contributed by atoms with Crippen molar-refractivity contribution < 1.29 is 9.90 Å². The largest absolute Gasteiger partial charge is 0.478 e. The summed E-state index contributed by atoms with van der Waals surface area (Å²) in [5.74, 6) is -0.905. The second-order valence-electron chi connectivity index (χ2n) is 5.51. The van der Waals surface area contributed by atoms with Crippen LogP contribution in [-0.2, 0) is 19.4 Å². The van der Waals surface area contributed by atoms with Gasteiger partial charge in [-0.05, 0) is 61.6 Å². The van der Waals surface area contributed by atoms with Gasteiger partial charge in [-0.3, -0.25) is 4.98 Å². The average Bonchev–Trinajstić information content (AvgIpc) is 2.92. The summed E-state index contributed by atoms with van der Waals surface area (Å²) in [6.07, 6.45) is 3.39. The second kappa shape index (κ2) is 5.56. The Hall–Kier alpha value is -2.36. The van der Waals surface area contributed by atoms with E-state index >= 15 is 0 Å². The van der Waals surface area contributed by atoms with Crippen LogP contribution in [0, 0.1) is 6.92 Å². The lowest BCUT2D eigenvalue weighted by molar-refractivity contribution is 0.0697. The first-order chi connectivity index (χ1) is 10.1. The van der Waals surface area contributed by atoms with Gasteiger partial charge in [-0.1, -0.05) is 6.07 Å². The Bertz CT molecular complexity index is 695. The van der Waals surface area contributed by atoms with Gasteiger partial charge in [-0.15, -0.1) is 0 Å². The second-order valence-corrected chi connectivity index (χ2v) is 5.51. The maximum Gasteiger partial charge on any atom is 0.335 e. The monoisotopic (exact) mass is 282 g/mol. The van der Waals surface area contributed by atoms with Crippen molar-refractivity contribution in [2.75, 3.05) is 5.32 Å². The summed E-state index contributed by atoms with van der Waals surface area (Å²) in [5, 5.41) is 12.3. The number of aryl methyl sites for hydroxylation is 3. The highest BCUT2D eigenvalue weighted by Crippen LogP contribution is 2.21. The summed E-state index contributed by atoms with van der Waals surface area (Å²) in [5.41, 5.74) is 5.62. The predicted octanol–water partition coefficient (Wildman–Crippen LogP) is 3.19. The number of carbonyl (C=O) groups is 1. The molecule has 0 spiro atoms. The van der Waals surface area contributed by atoms with Gasteiger partial charge in [0.15, 0.2) is 0 Å². The first kappa shape index (κ1) is 13.6. The van der Waals surface area contributed by atoms with Crippen LogP contribution in [0.25, 0.3) is 0 Å². The van der Waals surface area contributed by atoms with Crippen LogP contribution in [0.5, 0.6) is 0 Å². The summed E-state index contributed by atoms with van der Waals surface area (Å²) in [6.45, 7) is 2.50.